The zero-order valence-corrected chi connectivity index (χ0v) is 10.4. The molecular formula is C13H8N2O3S. The van der Waals surface area contributed by atoms with Crippen molar-refractivity contribution >= 4 is 28.4 Å². The molecule has 0 aliphatic carbocycles. The molecule has 0 radical (unpaired) electrons. The maximum absolute atomic E-state index is 11.1. The van der Waals surface area contributed by atoms with Crippen LogP contribution in [0.5, 0.6) is 10.8 Å². The van der Waals surface area contributed by atoms with Gasteiger partial charge in [0.15, 0.2) is 5.75 Å². The van der Waals surface area contributed by atoms with Crippen molar-refractivity contribution < 1.29 is 14.6 Å². The molecule has 0 saturated heterocycles. The first-order valence-electron chi connectivity index (χ1n) is 5.45. The van der Waals surface area contributed by atoms with E-state index in [0.29, 0.717) is 5.06 Å². The third-order valence-electron chi connectivity index (χ3n) is 2.57. The number of benzene rings is 1. The number of rotatable bonds is 3. The number of hydrogen-bond donors (Lipinski definition) is 1. The molecule has 0 unspecified atom stereocenters. The largest absolute Gasteiger partial charge is 0.478 e. The van der Waals surface area contributed by atoms with E-state index in [9.17, 15) is 4.79 Å². The lowest BCUT2D eigenvalue weighted by Crippen LogP contribution is -1.99. The van der Waals surface area contributed by atoms with Crippen molar-refractivity contribution in [3.8, 4) is 10.8 Å². The normalized spacial score (nSPS) is 10.5. The number of aromatic carboxylic acids is 1. The van der Waals surface area contributed by atoms with Crippen LogP contribution in [-0.2, 0) is 0 Å². The lowest BCUT2D eigenvalue weighted by Gasteiger charge is -2.05. The smallest absolute Gasteiger partial charge is 0.339 e. The van der Waals surface area contributed by atoms with Crippen molar-refractivity contribution in [3.05, 3.63) is 48.3 Å². The molecule has 5 nitrogen and oxygen atoms in total. The van der Waals surface area contributed by atoms with Crippen LogP contribution in [0.1, 0.15) is 10.4 Å². The number of fused-ring (bicyclic) bond motifs is 1. The summed E-state index contributed by atoms with van der Waals surface area (Å²) in [4.78, 5) is 15.0. The highest BCUT2D eigenvalue weighted by atomic mass is 32.1. The summed E-state index contributed by atoms with van der Waals surface area (Å²) in [5.41, 5.74) is 0.899. The fourth-order valence-corrected chi connectivity index (χ4v) is 2.42. The van der Waals surface area contributed by atoms with Crippen LogP contribution in [0.25, 0.3) is 10.9 Å². The topological polar surface area (TPSA) is 72.3 Å². The second kappa shape index (κ2) is 4.66. The third kappa shape index (κ3) is 2.13. The van der Waals surface area contributed by atoms with Gasteiger partial charge in [0.05, 0.1) is 17.1 Å². The zero-order valence-electron chi connectivity index (χ0n) is 9.61. The number of carboxylic acids is 1. The van der Waals surface area contributed by atoms with Gasteiger partial charge in [0, 0.05) is 17.7 Å². The number of hydrogen-bond acceptors (Lipinski definition) is 5. The fourth-order valence-electron chi connectivity index (χ4n) is 1.68. The van der Waals surface area contributed by atoms with Crippen LogP contribution < -0.4 is 4.74 Å². The summed E-state index contributed by atoms with van der Waals surface area (Å²) in [5.74, 6) is -0.837. The van der Waals surface area contributed by atoms with E-state index in [0.717, 1.165) is 10.9 Å². The highest BCUT2D eigenvalue weighted by Crippen LogP contribution is 2.34. The van der Waals surface area contributed by atoms with Gasteiger partial charge >= 0.3 is 5.97 Å². The number of aromatic nitrogens is 2. The zero-order chi connectivity index (χ0) is 13.2. The van der Waals surface area contributed by atoms with E-state index in [1.165, 1.54) is 30.0 Å². The molecule has 0 atom stereocenters. The number of ether oxygens (including phenoxy) is 1. The van der Waals surface area contributed by atoms with E-state index >= 15 is 0 Å². The SMILES string of the molecule is O=C(O)c1ccncc1Oc1snc2ccccc12. The van der Waals surface area contributed by atoms with Crippen molar-refractivity contribution in [2.45, 2.75) is 0 Å². The predicted octanol–water partition coefficient (Wildman–Crippen LogP) is 3.18. The first kappa shape index (κ1) is 11.6. The Morgan fingerprint density at radius 2 is 2.11 bits per heavy atom. The van der Waals surface area contributed by atoms with Crippen molar-refractivity contribution in [1.82, 2.24) is 9.36 Å². The first-order valence-corrected chi connectivity index (χ1v) is 6.22. The summed E-state index contributed by atoms with van der Waals surface area (Å²) in [6, 6.07) is 8.93. The molecule has 2 heterocycles. The molecule has 1 N–H and O–H groups in total. The molecule has 2 aromatic heterocycles. The Hall–Kier alpha value is -2.47. The molecule has 0 bridgehead atoms. The summed E-state index contributed by atoms with van der Waals surface area (Å²) in [5, 5.41) is 10.5. The van der Waals surface area contributed by atoms with Crippen LogP contribution in [0.15, 0.2) is 42.7 Å². The Bertz CT molecular complexity index is 754. The molecule has 0 fully saturated rings. The maximum Gasteiger partial charge on any atom is 0.339 e. The van der Waals surface area contributed by atoms with Crippen molar-refractivity contribution in [2.24, 2.45) is 0 Å². The van der Waals surface area contributed by atoms with E-state index in [2.05, 4.69) is 9.36 Å². The Kier molecular flexibility index (Phi) is 2.85. The Morgan fingerprint density at radius 3 is 2.95 bits per heavy atom. The minimum absolute atomic E-state index is 0.0764. The highest BCUT2D eigenvalue weighted by Gasteiger charge is 2.14. The molecule has 0 aliphatic heterocycles. The second-order valence-electron chi connectivity index (χ2n) is 3.77. The van der Waals surface area contributed by atoms with Gasteiger partial charge in [-0.05, 0) is 18.2 Å². The van der Waals surface area contributed by atoms with Crippen LogP contribution in [0.4, 0.5) is 0 Å². The van der Waals surface area contributed by atoms with Gasteiger partial charge in [-0.2, -0.15) is 4.37 Å². The van der Waals surface area contributed by atoms with E-state index < -0.39 is 5.97 Å². The molecule has 6 heteroatoms. The average Bonchev–Trinajstić information content (AvgIpc) is 2.83. The summed E-state index contributed by atoms with van der Waals surface area (Å²) in [7, 11) is 0. The van der Waals surface area contributed by atoms with Crippen LogP contribution >= 0.6 is 11.5 Å². The van der Waals surface area contributed by atoms with Gasteiger partial charge in [-0.15, -0.1) is 0 Å². The lowest BCUT2D eigenvalue weighted by atomic mass is 10.2. The van der Waals surface area contributed by atoms with E-state index in [1.807, 2.05) is 24.3 Å². The standard InChI is InChI=1S/C13H8N2O3S/c16-12(17)9-5-6-14-7-11(9)18-13-8-3-1-2-4-10(8)15-19-13/h1-7H,(H,16,17). The minimum Gasteiger partial charge on any atom is -0.478 e. The van der Waals surface area contributed by atoms with Crippen LogP contribution in [-0.4, -0.2) is 20.4 Å². The number of nitrogens with zero attached hydrogens (tertiary/aromatic N) is 2. The summed E-state index contributed by atoms with van der Waals surface area (Å²) in [6.45, 7) is 0. The Balaban J connectivity index is 2.04. The van der Waals surface area contributed by atoms with Gasteiger partial charge in [-0.3, -0.25) is 4.98 Å². The van der Waals surface area contributed by atoms with Gasteiger partial charge in [0.2, 0.25) is 5.06 Å². The predicted molar refractivity (Wildman–Crippen MR) is 70.9 cm³/mol. The molecule has 0 spiro atoms. The molecule has 3 aromatic rings. The molecule has 0 aliphatic rings. The molecule has 19 heavy (non-hydrogen) atoms. The quantitative estimate of drug-likeness (QED) is 0.792. The Morgan fingerprint density at radius 1 is 1.26 bits per heavy atom. The molecule has 3 rings (SSSR count). The van der Waals surface area contributed by atoms with E-state index in [-0.39, 0.29) is 11.3 Å². The third-order valence-corrected chi connectivity index (χ3v) is 3.33. The Labute approximate surface area is 112 Å². The van der Waals surface area contributed by atoms with Crippen molar-refractivity contribution in [3.63, 3.8) is 0 Å². The van der Waals surface area contributed by atoms with Gasteiger partial charge in [0.1, 0.15) is 5.56 Å². The first-order chi connectivity index (χ1) is 9.25. The summed E-state index contributed by atoms with van der Waals surface area (Å²) < 4.78 is 9.87. The maximum atomic E-state index is 11.1. The molecule has 0 saturated carbocycles. The molecule has 1 aromatic carbocycles. The average molecular weight is 272 g/mol. The lowest BCUT2D eigenvalue weighted by molar-refractivity contribution is 0.0694. The molecule has 94 valence electrons. The number of carboxylic acid groups (broad SMARTS) is 1. The van der Waals surface area contributed by atoms with Crippen LogP contribution in [0, 0.1) is 0 Å². The van der Waals surface area contributed by atoms with Gasteiger partial charge in [0.25, 0.3) is 0 Å². The number of pyridine rings is 1. The van der Waals surface area contributed by atoms with Gasteiger partial charge in [-0.1, -0.05) is 12.1 Å². The van der Waals surface area contributed by atoms with Crippen LogP contribution in [0.3, 0.4) is 0 Å². The molecule has 0 amide bonds. The van der Waals surface area contributed by atoms with Crippen molar-refractivity contribution in [2.75, 3.05) is 0 Å². The van der Waals surface area contributed by atoms with E-state index in [1.54, 1.807) is 0 Å². The fraction of sp³-hybridized carbons (Fsp3) is 0. The highest BCUT2D eigenvalue weighted by molar-refractivity contribution is 7.09. The van der Waals surface area contributed by atoms with Gasteiger partial charge in [-0.25, -0.2) is 4.79 Å². The second-order valence-corrected chi connectivity index (χ2v) is 4.50. The van der Waals surface area contributed by atoms with E-state index in [4.69, 9.17) is 9.84 Å². The monoisotopic (exact) mass is 272 g/mol. The van der Waals surface area contributed by atoms with Gasteiger partial charge < -0.3 is 9.84 Å². The summed E-state index contributed by atoms with van der Waals surface area (Å²) >= 11 is 1.19. The minimum atomic E-state index is -1.05. The number of carbonyl (C=O) groups is 1. The molecular weight excluding hydrogens is 264 g/mol. The van der Waals surface area contributed by atoms with Crippen LogP contribution in [0.2, 0.25) is 0 Å². The summed E-state index contributed by atoms with van der Waals surface area (Å²) in [6.07, 6.45) is 2.80. The van der Waals surface area contributed by atoms with Crippen molar-refractivity contribution in [1.29, 1.82) is 0 Å².